The van der Waals surface area contributed by atoms with Gasteiger partial charge in [0.15, 0.2) is 0 Å². The van der Waals surface area contributed by atoms with E-state index in [0.717, 1.165) is 18.5 Å². The minimum Gasteiger partial charge on any atom is -0.361 e. The molecule has 0 unspecified atom stereocenters. The Balaban J connectivity index is 1.70. The fraction of sp³-hybridized carbons (Fsp3) is 0.0833. The maximum atomic E-state index is 3.41. The van der Waals surface area contributed by atoms with E-state index in [1.807, 2.05) is 18.4 Å². The van der Waals surface area contributed by atoms with Gasteiger partial charge in [0.05, 0.1) is 0 Å². The van der Waals surface area contributed by atoms with E-state index in [0.29, 0.717) is 0 Å². The Hall–Kier alpha value is -3.06. The first-order valence-corrected chi connectivity index (χ1v) is 8.84. The zero-order valence-corrected chi connectivity index (χ0v) is 14.0. The van der Waals surface area contributed by atoms with E-state index < -0.39 is 0 Å². The fourth-order valence-electron chi connectivity index (χ4n) is 4.00. The monoisotopic (exact) mass is 321 g/mol. The normalized spacial score (nSPS) is 16.8. The summed E-state index contributed by atoms with van der Waals surface area (Å²) in [4.78, 5) is 0. The molecule has 1 heterocycles. The summed E-state index contributed by atoms with van der Waals surface area (Å²) in [6, 6.07) is 13.3. The molecule has 25 heavy (non-hydrogen) atoms. The molecular weight excluding hydrogens is 302 g/mol. The molecule has 2 aliphatic carbocycles. The average molecular weight is 321 g/mol. The molecule has 1 heteroatoms. The molecule has 1 N–H and O–H groups in total. The molecule has 2 aromatic carbocycles. The third-order valence-corrected chi connectivity index (χ3v) is 5.17. The van der Waals surface area contributed by atoms with E-state index >= 15 is 0 Å². The molecule has 0 saturated heterocycles. The zero-order valence-electron chi connectivity index (χ0n) is 14.0. The highest BCUT2D eigenvalue weighted by Gasteiger charge is 2.17. The van der Waals surface area contributed by atoms with E-state index in [1.165, 1.54) is 38.3 Å². The van der Waals surface area contributed by atoms with E-state index in [4.69, 9.17) is 0 Å². The van der Waals surface area contributed by atoms with Crippen LogP contribution in [0.25, 0.3) is 28.9 Å². The lowest BCUT2D eigenvalue weighted by Gasteiger charge is -2.20. The molecule has 0 amide bonds. The third-order valence-electron chi connectivity index (χ3n) is 5.17. The summed E-state index contributed by atoms with van der Waals surface area (Å²) in [5.41, 5.74) is 7.94. The van der Waals surface area contributed by atoms with E-state index in [2.05, 4.69) is 72.1 Å². The van der Waals surface area contributed by atoms with Gasteiger partial charge in [-0.25, -0.2) is 0 Å². The molecule has 0 aromatic heterocycles. The lowest BCUT2D eigenvalue weighted by atomic mass is 9.85. The van der Waals surface area contributed by atoms with Crippen LogP contribution < -0.4 is 15.8 Å². The Morgan fingerprint density at radius 1 is 0.720 bits per heavy atom. The Bertz CT molecular complexity index is 1110. The first-order valence-electron chi connectivity index (χ1n) is 8.84. The number of benzene rings is 2. The summed E-state index contributed by atoms with van der Waals surface area (Å²) in [5, 5.41) is 6.18. The van der Waals surface area contributed by atoms with Crippen molar-refractivity contribution in [1.29, 1.82) is 0 Å². The fourth-order valence-corrected chi connectivity index (χ4v) is 4.00. The highest BCUT2D eigenvalue weighted by atomic mass is 14.9. The Labute approximate surface area is 147 Å². The van der Waals surface area contributed by atoms with Crippen molar-refractivity contribution in [2.24, 2.45) is 0 Å². The second-order valence-electron chi connectivity index (χ2n) is 6.58. The van der Waals surface area contributed by atoms with Crippen LogP contribution in [-0.4, -0.2) is 0 Å². The summed E-state index contributed by atoms with van der Waals surface area (Å²) in [6.07, 6.45) is 19.4. The van der Waals surface area contributed by atoms with Crippen molar-refractivity contribution in [3.8, 4) is 11.1 Å². The molecule has 0 radical (unpaired) electrons. The van der Waals surface area contributed by atoms with Crippen molar-refractivity contribution in [2.75, 3.05) is 0 Å². The van der Waals surface area contributed by atoms with Crippen LogP contribution in [0.5, 0.6) is 0 Å². The summed E-state index contributed by atoms with van der Waals surface area (Å²) in [6.45, 7) is 0. The number of fused-ring (bicyclic) bond motifs is 5. The quantitative estimate of drug-likeness (QED) is 0.842. The minimum absolute atomic E-state index is 0.973. The molecule has 0 fully saturated rings. The van der Waals surface area contributed by atoms with Gasteiger partial charge < -0.3 is 5.32 Å². The van der Waals surface area contributed by atoms with E-state index in [-0.39, 0.29) is 0 Å². The highest BCUT2D eigenvalue weighted by molar-refractivity contribution is 5.84. The van der Waals surface area contributed by atoms with Crippen LogP contribution in [0.4, 0.5) is 0 Å². The van der Waals surface area contributed by atoms with E-state index in [1.54, 1.807) is 0 Å². The second kappa shape index (κ2) is 5.78. The summed E-state index contributed by atoms with van der Waals surface area (Å²) < 4.78 is 0. The summed E-state index contributed by atoms with van der Waals surface area (Å²) in [7, 11) is 0. The Morgan fingerprint density at radius 2 is 1.60 bits per heavy atom. The zero-order chi connectivity index (χ0) is 16.6. The van der Waals surface area contributed by atoms with Gasteiger partial charge in [0.1, 0.15) is 0 Å². The molecule has 120 valence electrons. The molecule has 0 atom stereocenters. The molecule has 1 aliphatic heterocycles. The standard InChI is InChI=1S/C24H19N/c1-2-11-24(25-16-5-1)23-10-6-9-19-21-13-12-17-7-3-4-8-18(17)20(21)14-15-22(19)23/h1-5,7-11,13-16,25H,6,12H2. The van der Waals surface area contributed by atoms with Crippen molar-refractivity contribution in [2.45, 2.75) is 12.8 Å². The van der Waals surface area contributed by atoms with Gasteiger partial charge in [-0.15, -0.1) is 0 Å². The Kier molecular flexibility index (Phi) is 3.31. The smallest absolute Gasteiger partial charge is 0.0456 e. The number of rotatable bonds is 1. The van der Waals surface area contributed by atoms with Gasteiger partial charge in [-0.2, -0.15) is 0 Å². The molecule has 2 aromatic rings. The maximum Gasteiger partial charge on any atom is 0.0456 e. The molecule has 1 nitrogen and oxygen atoms in total. The van der Waals surface area contributed by atoms with Crippen LogP contribution in [0.2, 0.25) is 0 Å². The maximum absolute atomic E-state index is 3.41. The SMILES string of the molecule is C1=CC=C(C2=CCC=c3c2ccc2c3=CCc3ccccc3-2)NC=C1. The van der Waals surface area contributed by atoms with Crippen LogP contribution in [0, 0.1) is 0 Å². The van der Waals surface area contributed by atoms with Crippen LogP contribution in [-0.2, 0) is 6.42 Å². The number of nitrogens with one attached hydrogen (secondary N) is 1. The van der Waals surface area contributed by atoms with Crippen molar-refractivity contribution >= 4 is 17.7 Å². The second-order valence-corrected chi connectivity index (χ2v) is 6.58. The number of hydrogen-bond acceptors (Lipinski definition) is 1. The van der Waals surface area contributed by atoms with Crippen molar-refractivity contribution in [3.05, 3.63) is 100 Å². The lowest BCUT2D eigenvalue weighted by Crippen LogP contribution is -2.34. The summed E-state index contributed by atoms with van der Waals surface area (Å²) in [5.74, 6) is 0. The van der Waals surface area contributed by atoms with Crippen LogP contribution >= 0.6 is 0 Å². The number of allylic oxidation sites excluding steroid dienone is 6. The third kappa shape index (κ3) is 2.32. The van der Waals surface area contributed by atoms with Crippen molar-refractivity contribution in [3.63, 3.8) is 0 Å². The predicted molar refractivity (Wildman–Crippen MR) is 106 cm³/mol. The minimum atomic E-state index is 0.973. The molecular formula is C24H19N. The highest BCUT2D eigenvalue weighted by Crippen LogP contribution is 2.27. The van der Waals surface area contributed by atoms with Gasteiger partial charge in [-0.1, -0.05) is 66.8 Å². The van der Waals surface area contributed by atoms with Crippen molar-refractivity contribution < 1.29 is 0 Å². The van der Waals surface area contributed by atoms with Crippen LogP contribution in [0.3, 0.4) is 0 Å². The van der Waals surface area contributed by atoms with Gasteiger partial charge >= 0.3 is 0 Å². The molecule has 3 aliphatic rings. The van der Waals surface area contributed by atoms with Gasteiger partial charge in [0, 0.05) is 17.5 Å². The Morgan fingerprint density at radius 3 is 2.60 bits per heavy atom. The summed E-state index contributed by atoms with van der Waals surface area (Å²) >= 11 is 0. The van der Waals surface area contributed by atoms with E-state index in [9.17, 15) is 0 Å². The average Bonchev–Trinajstić information content (AvgIpc) is 2.96. The van der Waals surface area contributed by atoms with Gasteiger partial charge in [0.25, 0.3) is 0 Å². The van der Waals surface area contributed by atoms with Crippen molar-refractivity contribution in [1.82, 2.24) is 5.32 Å². The van der Waals surface area contributed by atoms with Crippen LogP contribution in [0.1, 0.15) is 17.5 Å². The predicted octanol–water partition coefficient (Wildman–Crippen LogP) is 3.81. The lowest BCUT2D eigenvalue weighted by molar-refractivity contribution is 1.11. The van der Waals surface area contributed by atoms with Crippen LogP contribution in [0.15, 0.2) is 78.7 Å². The first kappa shape index (κ1) is 14.3. The first-order chi connectivity index (χ1) is 12.4. The van der Waals surface area contributed by atoms with Gasteiger partial charge in [0.2, 0.25) is 0 Å². The number of hydrogen-bond donors (Lipinski definition) is 1. The molecule has 5 rings (SSSR count). The molecule has 0 bridgehead atoms. The van der Waals surface area contributed by atoms with Gasteiger partial charge in [-0.3, -0.25) is 0 Å². The molecule has 0 saturated carbocycles. The largest absolute Gasteiger partial charge is 0.361 e. The van der Waals surface area contributed by atoms with Gasteiger partial charge in [-0.05, 0) is 57.7 Å². The topological polar surface area (TPSA) is 12.0 Å². The molecule has 0 spiro atoms.